The summed E-state index contributed by atoms with van der Waals surface area (Å²) in [5, 5.41) is 3.17. The molecule has 4 aliphatic rings. The van der Waals surface area contributed by atoms with Crippen molar-refractivity contribution in [1.29, 1.82) is 0 Å². The Hall–Kier alpha value is -1.93. The van der Waals surface area contributed by atoms with Crippen LogP contribution < -0.4 is 10.2 Å². The highest BCUT2D eigenvalue weighted by Gasteiger charge is 2.40. The van der Waals surface area contributed by atoms with Crippen LogP contribution in [0.3, 0.4) is 0 Å². The van der Waals surface area contributed by atoms with Crippen molar-refractivity contribution in [3.05, 3.63) is 23.8 Å². The van der Waals surface area contributed by atoms with Gasteiger partial charge in [0.2, 0.25) is 21.8 Å². The molecule has 1 aromatic carbocycles. The molecule has 7 nitrogen and oxygen atoms in total. The van der Waals surface area contributed by atoms with Gasteiger partial charge in [0.1, 0.15) is 0 Å². The standard InChI is InChI=1S/C25H35N3O4S/c1-17-14-20-15-22(11-12-23(20)28(17)25(30)18-9-10-18)33(31,32)27-13-5-6-19(16-27)24(29)26-21-7-3-2-4-8-21/h11-12,15,17-19,21H,2-10,13-14,16H2,1H3,(H,26,29)/t17-,19-/m1/s1. The van der Waals surface area contributed by atoms with Crippen LogP contribution in [-0.4, -0.2) is 49.7 Å². The van der Waals surface area contributed by atoms with Crippen LogP contribution in [0.15, 0.2) is 23.1 Å². The lowest BCUT2D eigenvalue weighted by atomic mass is 9.93. The quantitative estimate of drug-likeness (QED) is 0.711. The van der Waals surface area contributed by atoms with Crippen LogP contribution in [0.5, 0.6) is 0 Å². The number of sulfonamides is 1. The zero-order valence-electron chi connectivity index (χ0n) is 19.5. The molecule has 0 aromatic heterocycles. The summed E-state index contributed by atoms with van der Waals surface area (Å²) in [7, 11) is -3.69. The van der Waals surface area contributed by atoms with E-state index in [0.717, 1.165) is 56.2 Å². The van der Waals surface area contributed by atoms with E-state index in [1.807, 2.05) is 11.8 Å². The van der Waals surface area contributed by atoms with E-state index in [9.17, 15) is 18.0 Å². The van der Waals surface area contributed by atoms with E-state index in [0.29, 0.717) is 19.4 Å². The van der Waals surface area contributed by atoms with Gasteiger partial charge in [-0.15, -0.1) is 0 Å². The van der Waals surface area contributed by atoms with Crippen LogP contribution in [0.2, 0.25) is 0 Å². The number of nitrogens with zero attached hydrogens (tertiary/aromatic N) is 2. The molecule has 1 saturated heterocycles. The second kappa shape index (κ2) is 9.02. The number of anilines is 1. The summed E-state index contributed by atoms with van der Waals surface area (Å²) in [4.78, 5) is 27.7. The summed E-state index contributed by atoms with van der Waals surface area (Å²) in [5.74, 6) is 0.00178. The molecule has 2 atom stereocenters. The van der Waals surface area contributed by atoms with Gasteiger partial charge >= 0.3 is 0 Å². The van der Waals surface area contributed by atoms with Gasteiger partial charge in [-0.1, -0.05) is 19.3 Å². The molecule has 33 heavy (non-hydrogen) atoms. The lowest BCUT2D eigenvalue weighted by Gasteiger charge is -2.33. The number of fused-ring (bicyclic) bond motifs is 1. The van der Waals surface area contributed by atoms with Gasteiger partial charge in [0, 0.05) is 36.8 Å². The maximum atomic E-state index is 13.5. The van der Waals surface area contributed by atoms with Crippen LogP contribution in [0.25, 0.3) is 0 Å². The third kappa shape index (κ3) is 4.56. The molecule has 180 valence electrons. The Morgan fingerprint density at radius 2 is 1.73 bits per heavy atom. The number of rotatable bonds is 5. The van der Waals surface area contributed by atoms with Gasteiger partial charge in [-0.3, -0.25) is 9.59 Å². The first-order valence-electron chi connectivity index (χ1n) is 12.6. The molecule has 1 N–H and O–H groups in total. The fraction of sp³-hybridized carbons (Fsp3) is 0.680. The molecule has 2 aliphatic heterocycles. The highest BCUT2D eigenvalue weighted by Crippen LogP contribution is 2.40. The zero-order chi connectivity index (χ0) is 23.2. The van der Waals surface area contributed by atoms with Gasteiger partial charge in [-0.2, -0.15) is 4.31 Å². The zero-order valence-corrected chi connectivity index (χ0v) is 20.3. The number of piperidine rings is 1. The Labute approximate surface area is 196 Å². The number of nitrogens with one attached hydrogen (secondary N) is 1. The number of hydrogen-bond donors (Lipinski definition) is 1. The van der Waals surface area contributed by atoms with E-state index in [1.54, 1.807) is 18.2 Å². The van der Waals surface area contributed by atoms with Gasteiger partial charge in [0.25, 0.3) is 0 Å². The molecule has 0 spiro atoms. The first-order valence-corrected chi connectivity index (χ1v) is 14.0. The summed E-state index contributed by atoms with van der Waals surface area (Å²) >= 11 is 0. The second-order valence-electron chi connectivity index (χ2n) is 10.4. The SMILES string of the molecule is C[C@@H]1Cc2cc(S(=O)(=O)N3CCC[C@@H](C(=O)NC4CCCCC4)C3)ccc2N1C(=O)C1CC1. The summed E-state index contributed by atoms with van der Waals surface area (Å²) < 4.78 is 28.4. The van der Waals surface area contributed by atoms with E-state index in [-0.39, 0.29) is 47.2 Å². The van der Waals surface area contributed by atoms with Crippen LogP contribution in [-0.2, 0) is 26.0 Å². The Bertz CT molecular complexity index is 1030. The maximum Gasteiger partial charge on any atom is 0.243 e. The van der Waals surface area contributed by atoms with Crippen LogP contribution >= 0.6 is 0 Å². The molecule has 2 heterocycles. The minimum atomic E-state index is -3.69. The first-order chi connectivity index (χ1) is 15.8. The van der Waals surface area contributed by atoms with Crippen LogP contribution in [0.4, 0.5) is 5.69 Å². The largest absolute Gasteiger partial charge is 0.353 e. The fourth-order valence-corrected chi connectivity index (χ4v) is 7.30. The molecule has 2 aliphatic carbocycles. The molecule has 8 heteroatoms. The van der Waals surface area contributed by atoms with Gasteiger partial charge in [0.05, 0.1) is 10.8 Å². The van der Waals surface area contributed by atoms with Crippen molar-refractivity contribution in [2.75, 3.05) is 18.0 Å². The minimum Gasteiger partial charge on any atom is -0.353 e. The van der Waals surface area contributed by atoms with Crippen molar-refractivity contribution in [1.82, 2.24) is 9.62 Å². The van der Waals surface area contributed by atoms with Crippen molar-refractivity contribution in [2.45, 2.75) is 88.1 Å². The minimum absolute atomic E-state index is 0.00110. The molecule has 2 saturated carbocycles. The van der Waals surface area contributed by atoms with E-state index < -0.39 is 10.0 Å². The topological polar surface area (TPSA) is 86.8 Å². The third-order valence-electron chi connectivity index (χ3n) is 7.77. The summed E-state index contributed by atoms with van der Waals surface area (Å²) in [6.45, 7) is 2.70. The predicted molar refractivity (Wildman–Crippen MR) is 126 cm³/mol. The maximum absolute atomic E-state index is 13.5. The van der Waals surface area contributed by atoms with Gasteiger partial charge in [-0.05, 0) is 75.6 Å². The molecule has 0 radical (unpaired) electrons. The van der Waals surface area contributed by atoms with Crippen LogP contribution in [0, 0.1) is 11.8 Å². The van der Waals surface area contributed by atoms with Crippen molar-refractivity contribution in [3.8, 4) is 0 Å². The van der Waals surface area contributed by atoms with Gasteiger partial charge < -0.3 is 10.2 Å². The fourth-order valence-electron chi connectivity index (χ4n) is 5.72. The van der Waals surface area contributed by atoms with E-state index >= 15 is 0 Å². The number of carbonyl (C=O) groups is 2. The highest BCUT2D eigenvalue weighted by atomic mass is 32.2. The van der Waals surface area contributed by atoms with Crippen LogP contribution in [0.1, 0.15) is 70.3 Å². The number of benzene rings is 1. The summed E-state index contributed by atoms with van der Waals surface area (Å²) in [6.07, 6.45) is 9.56. The molecule has 0 bridgehead atoms. The molecule has 5 rings (SSSR count). The Morgan fingerprint density at radius 3 is 2.45 bits per heavy atom. The highest BCUT2D eigenvalue weighted by molar-refractivity contribution is 7.89. The Kier molecular flexibility index (Phi) is 6.25. The average molecular weight is 474 g/mol. The van der Waals surface area contributed by atoms with Crippen molar-refractivity contribution in [3.63, 3.8) is 0 Å². The average Bonchev–Trinajstić information content (AvgIpc) is 3.61. The van der Waals surface area contributed by atoms with E-state index in [4.69, 9.17) is 0 Å². The molecule has 1 aromatic rings. The second-order valence-corrected chi connectivity index (χ2v) is 12.3. The first kappa shape index (κ1) is 22.8. The lowest BCUT2D eigenvalue weighted by Crippen LogP contribution is -2.47. The lowest BCUT2D eigenvalue weighted by molar-refractivity contribution is -0.127. The molecule has 2 amide bonds. The van der Waals surface area contributed by atoms with Crippen molar-refractivity contribution < 1.29 is 18.0 Å². The van der Waals surface area contributed by atoms with Gasteiger partial charge in [0.15, 0.2) is 0 Å². The third-order valence-corrected chi connectivity index (χ3v) is 9.64. The van der Waals surface area contributed by atoms with E-state index in [2.05, 4.69) is 5.32 Å². The molecule has 3 fully saturated rings. The summed E-state index contributed by atoms with van der Waals surface area (Å²) in [5.41, 5.74) is 1.77. The van der Waals surface area contributed by atoms with E-state index in [1.165, 1.54) is 10.7 Å². The smallest absolute Gasteiger partial charge is 0.243 e. The number of amides is 2. The number of hydrogen-bond acceptors (Lipinski definition) is 4. The predicted octanol–water partition coefficient (Wildman–Crippen LogP) is 3.22. The number of carbonyl (C=O) groups excluding carboxylic acids is 2. The normalized spacial score (nSPS) is 26.8. The molecular weight excluding hydrogens is 438 g/mol. The summed E-state index contributed by atoms with van der Waals surface area (Å²) in [6, 6.07) is 5.45. The monoisotopic (exact) mass is 473 g/mol. The van der Waals surface area contributed by atoms with Crippen molar-refractivity contribution >= 4 is 27.5 Å². The Morgan fingerprint density at radius 1 is 0.970 bits per heavy atom. The van der Waals surface area contributed by atoms with Gasteiger partial charge in [-0.25, -0.2) is 8.42 Å². The van der Waals surface area contributed by atoms with Crippen molar-refractivity contribution in [2.24, 2.45) is 11.8 Å². The Balaban J connectivity index is 1.29. The molecular formula is C25H35N3O4S. The molecule has 0 unspecified atom stereocenters.